The second-order valence-corrected chi connectivity index (χ2v) is 4.84. The SMILES string of the molecule is CCCCCC1(S)CCCC1. The van der Waals surface area contributed by atoms with Gasteiger partial charge in [-0.25, -0.2) is 0 Å². The minimum atomic E-state index is 0.440. The molecule has 1 fully saturated rings. The molecule has 1 aliphatic rings. The molecule has 0 unspecified atom stereocenters. The molecule has 0 bridgehead atoms. The quantitative estimate of drug-likeness (QED) is 0.484. The summed E-state index contributed by atoms with van der Waals surface area (Å²) in [5.74, 6) is 0. The van der Waals surface area contributed by atoms with Crippen molar-refractivity contribution in [3.63, 3.8) is 0 Å². The van der Waals surface area contributed by atoms with E-state index in [0.29, 0.717) is 4.75 Å². The fraction of sp³-hybridized carbons (Fsp3) is 1.00. The molecule has 0 aliphatic heterocycles. The smallest absolute Gasteiger partial charge is 0.0130 e. The second kappa shape index (κ2) is 4.39. The minimum absolute atomic E-state index is 0.440. The summed E-state index contributed by atoms with van der Waals surface area (Å²) in [6.45, 7) is 2.26. The predicted molar refractivity (Wildman–Crippen MR) is 54.3 cm³/mol. The number of hydrogen-bond acceptors (Lipinski definition) is 1. The lowest BCUT2D eigenvalue weighted by molar-refractivity contribution is 0.520. The van der Waals surface area contributed by atoms with Crippen molar-refractivity contribution in [3.8, 4) is 0 Å². The molecule has 0 aromatic carbocycles. The zero-order chi connectivity index (χ0) is 8.16. The van der Waals surface area contributed by atoms with Crippen LogP contribution in [0.25, 0.3) is 0 Å². The first-order valence-corrected chi connectivity index (χ1v) is 5.44. The average molecular weight is 172 g/mol. The van der Waals surface area contributed by atoms with Gasteiger partial charge < -0.3 is 0 Å². The Morgan fingerprint density at radius 1 is 1.18 bits per heavy atom. The van der Waals surface area contributed by atoms with Crippen LogP contribution in [0.3, 0.4) is 0 Å². The molecule has 0 aromatic rings. The Morgan fingerprint density at radius 2 is 1.82 bits per heavy atom. The summed E-state index contributed by atoms with van der Waals surface area (Å²) in [4.78, 5) is 0. The van der Waals surface area contributed by atoms with Crippen molar-refractivity contribution in [1.82, 2.24) is 0 Å². The molecule has 0 N–H and O–H groups in total. The molecule has 11 heavy (non-hydrogen) atoms. The van der Waals surface area contributed by atoms with Crippen LogP contribution in [0.1, 0.15) is 58.3 Å². The van der Waals surface area contributed by atoms with E-state index in [4.69, 9.17) is 12.6 Å². The Bertz CT molecular complexity index is 103. The van der Waals surface area contributed by atoms with Gasteiger partial charge in [0.05, 0.1) is 0 Å². The number of thiol groups is 1. The molecule has 0 saturated heterocycles. The molecule has 0 radical (unpaired) electrons. The molecular weight excluding hydrogens is 152 g/mol. The molecule has 66 valence electrons. The Labute approximate surface area is 76.2 Å². The molecule has 0 heterocycles. The molecule has 1 rings (SSSR count). The molecule has 0 atom stereocenters. The average Bonchev–Trinajstić information content (AvgIpc) is 2.38. The van der Waals surface area contributed by atoms with E-state index < -0.39 is 0 Å². The first-order chi connectivity index (χ1) is 5.27. The monoisotopic (exact) mass is 172 g/mol. The van der Waals surface area contributed by atoms with E-state index in [9.17, 15) is 0 Å². The highest BCUT2D eigenvalue weighted by Crippen LogP contribution is 2.39. The minimum Gasteiger partial charge on any atom is -0.173 e. The lowest BCUT2D eigenvalue weighted by Gasteiger charge is -2.21. The molecule has 1 aliphatic carbocycles. The fourth-order valence-electron chi connectivity index (χ4n) is 1.99. The zero-order valence-electron chi connectivity index (χ0n) is 7.60. The van der Waals surface area contributed by atoms with Gasteiger partial charge >= 0.3 is 0 Å². The van der Waals surface area contributed by atoms with E-state index >= 15 is 0 Å². The van der Waals surface area contributed by atoms with Gasteiger partial charge in [0.2, 0.25) is 0 Å². The molecule has 0 spiro atoms. The van der Waals surface area contributed by atoms with Crippen LogP contribution >= 0.6 is 12.6 Å². The standard InChI is InChI=1S/C10H20S/c1-2-3-4-7-10(11)8-5-6-9-10/h11H,2-9H2,1H3. The third-order valence-corrected chi connectivity index (χ3v) is 3.45. The Hall–Kier alpha value is 0.350. The van der Waals surface area contributed by atoms with Gasteiger partial charge in [0.1, 0.15) is 0 Å². The topological polar surface area (TPSA) is 0 Å². The summed E-state index contributed by atoms with van der Waals surface area (Å²) < 4.78 is 0.440. The number of rotatable bonds is 4. The summed E-state index contributed by atoms with van der Waals surface area (Å²) in [6.07, 6.45) is 11.0. The summed E-state index contributed by atoms with van der Waals surface area (Å²) in [5, 5.41) is 0. The summed E-state index contributed by atoms with van der Waals surface area (Å²) in [6, 6.07) is 0. The number of hydrogen-bond donors (Lipinski definition) is 1. The van der Waals surface area contributed by atoms with Gasteiger partial charge in [-0.2, -0.15) is 12.6 Å². The summed E-state index contributed by atoms with van der Waals surface area (Å²) in [7, 11) is 0. The van der Waals surface area contributed by atoms with Crippen molar-refractivity contribution in [2.75, 3.05) is 0 Å². The van der Waals surface area contributed by atoms with Crippen molar-refractivity contribution < 1.29 is 0 Å². The van der Waals surface area contributed by atoms with Crippen LogP contribution in [0.15, 0.2) is 0 Å². The van der Waals surface area contributed by atoms with Crippen molar-refractivity contribution in [1.29, 1.82) is 0 Å². The van der Waals surface area contributed by atoms with E-state index in [2.05, 4.69) is 6.92 Å². The van der Waals surface area contributed by atoms with Gasteiger partial charge in [-0.3, -0.25) is 0 Å². The third kappa shape index (κ3) is 3.06. The first-order valence-electron chi connectivity index (χ1n) is 4.99. The molecule has 1 saturated carbocycles. The van der Waals surface area contributed by atoms with E-state index in [1.165, 1.54) is 51.4 Å². The van der Waals surface area contributed by atoms with Crippen molar-refractivity contribution in [2.45, 2.75) is 63.0 Å². The molecular formula is C10H20S. The van der Waals surface area contributed by atoms with E-state index in [-0.39, 0.29) is 0 Å². The van der Waals surface area contributed by atoms with Crippen LogP contribution in [0.2, 0.25) is 0 Å². The first kappa shape index (κ1) is 9.44. The number of unbranched alkanes of at least 4 members (excludes halogenated alkanes) is 2. The maximum atomic E-state index is 4.75. The van der Waals surface area contributed by atoms with E-state index in [0.717, 1.165) is 0 Å². The zero-order valence-corrected chi connectivity index (χ0v) is 8.50. The maximum absolute atomic E-state index is 4.75. The Morgan fingerprint density at radius 3 is 2.36 bits per heavy atom. The van der Waals surface area contributed by atoms with Crippen LogP contribution in [-0.2, 0) is 0 Å². The maximum Gasteiger partial charge on any atom is 0.0130 e. The Kier molecular flexibility index (Phi) is 3.77. The van der Waals surface area contributed by atoms with Crippen molar-refractivity contribution in [2.24, 2.45) is 0 Å². The predicted octanol–water partition coefficient (Wildman–Crippen LogP) is 3.81. The van der Waals surface area contributed by atoms with Gasteiger partial charge in [-0.05, 0) is 19.3 Å². The van der Waals surface area contributed by atoms with Gasteiger partial charge in [0.25, 0.3) is 0 Å². The van der Waals surface area contributed by atoms with Crippen LogP contribution in [-0.4, -0.2) is 4.75 Å². The Balaban J connectivity index is 2.13. The van der Waals surface area contributed by atoms with Crippen LogP contribution in [0, 0.1) is 0 Å². The molecule has 1 heteroatoms. The molecule has 0 amide bonds. The lowest BCUT2D eigenvalue weighted by atomic mass is 9.99. The second-order valence-electron chi connectivity index (χ2n) is 3.89. The van der Waals surface area contributed by atoms with Crippen LogP contribution < -0.4 is 0 Å². The highest BCUT2D eigenvalue weighted by Gasteiger charge is 2.28. The van der Waals surface area contributed by atoms with Gasteiger partial charge in [0.15, 0.2) is 0 Å². The van der Waals surface area contributed by atoms with E-state index in [1.54, 1.807) is 0 Å². The normalized spacial score (nSPS) is 22.4. The van der Waals surface area contributed by atoms with Crippen molar-refractivity contribution in [3.05, 3.63) is 0 Å². The highest BCUT2D eigenvalue weighted by molar-refractivity contribution is 7.81. The fourth-order valence-corrected chi connectivity index (χ4v) is 2.46. The summed E-state index contributed by atoms with van der Waals surface area (Å²) in [5.41, 5.74) is 0. The third-order valence-electron chi connectivity index (χ3n) is 2.78. The van der Waals surface area contributed by atoms with Crippen molar-refractivity contribution >= 4 is 12.6 Å². The van der Waals surface area contributed by atoms with E-state index in [1.807, 2.05) is 0 Å². The van der Waals surface area contributed by atoms with Crippen LogP contribution in [0.5, 0.6) is 0 Å². The van der Waals surface area contributed by atoms with Gasteiger partial charge in [-0.15, -0.1) is 0 Å². The summed E-state index contributed by atoms with van der Waals surface area (Å²) >= 11 is 4.75. The highest BCUT2D eigenvalue weighted by atomic mass is 32.1. The van der Waals surface area contributed by atoms with Gasteiger partial charge in [0, 0.05) is 4.75 Å². The van der Waals surface area contributed by atoms with Gasteiger partial charge in [-0.1, -0.05) is 39.0 Å². The largest absolute Gasteiger partial charge is 0.173 e. The lowest BCUT2D eigenvalue weighted by Crippen LogP contribution is -2.15. The molecule has 0 nitrogen and oxygen atoms in total. The van der Waals surface area contributed by atoms with Crippen LogP contribution in [0.4, 0.5) is 0 Å². The molecule has 0 aromatic heterocycles.